The van der Waals surface area contributed by atoms with Gasteiger partial charge in [-0.3, -0.25) is 0 Å². The fourth-order valence-corrected chi connectivity index (χ4v) is 2.07. The first-order chi connectivity index (χ1) is 10.2. The van der Waals surface area contributed by atoms with E-state index in [4.69, 9.17) is 9.47 Å². The normalized spacial score (nSPS) is 12.0. The van der Waals surface area contributed by atoms with Crippen LogP contribution in [0, 0.1) is 5.82 Å². The molecule has 0 aliphatic carbocycles. The van der Waals surface area contributed by atoms with E-state index in [2.05, 4.69) is 5.32 Å². The molecule has 0 aliphatic heterocycles. The van der Waals surface area contributed by atoms with Crippen LogP contribution in [0.15, 0.2) is 48.5 Å². The van der Waals surface area contributed by atoms with Crippen molar-refractivity contribution in [1.82, 2.24) is 5.32 Å². The summed E-state index contributed by atoms with van der Waals surface area (Å²) in [5, 5.41) is 3.30. The second kappa shape index (κ2) is 7.64. The van der Waals surface area contributed by atoms with Crippen LogP contribution in [-0.2, 0) is 0 Å². The van der Waals surface area contributed by atoms with Crippen molar-refractivity contribution in [3.63, 3.8) is 0 Å². The first-order valence-electron chi connectivity index (χ1n) is 6.95. The number of benzene rings is 2. The van der Waals surface area contributed by atoms with Crippen LogP contribution in [0.5, 0.6) is 11.5 Å². The Morgan fingerprint density at radius 2 is 1.86 bits per heavy atom. The van der Waals surface area contributed by atoms with Crippen molar-refractivity contribution in [1.29, 1.82) is 0 Å². The van der Waals surface area contributed by atoms with Gasteiger partial charge in [0.25, 0.3) is 0 Å². The molecular formula is C17H20FNO2. The average molecular weight is 289 g/mol. The third kappa shape index (κ3) is 4.46. The Bertz CT molecular complexity index is 574. The van der Waals surface area contributed by atoms with Crippen molar-refractivity contribution in [2.45, 2.75) is 13.0 Å². The minimum atomic E-state index is -0.216. The van der Waals surface area contributed by atoms with Crippen LogP contribution in [0.2, 0.25) is 0 Å². The summed E-state index contributed by atoms with van der Waals surface area (Å²) in [6.07, 6.45) is 0. The lowest BCUT2D eigenvalue weighted by Gasteiger charge is -2.15. The zero-order valence-electron chi connectivity index (χ0n) is 12.3. The van der Waals surface area contributed by atoms with Crippen molar-refractivity contribution in [3.8, 4) is 11.5 Å². The topological polar surface area (TPSA) is 30.5 Å². The third-order valence-electron chi connectivity index (χ3n) is 3.23. The van der Waals surface area contributed by atoms with Crippen molar-refractivity contribution < 1.29 is 13.9 Å². The summed E-state index contributed by atoms with van der Waals surface area (Å²) < 4.78 is 24.0. The number of para-hydroxylation sites is 2. The van der Waals surface area contributed by atoms with Crippen LogP contribution < -0.4 is 14.8 Å². The molecule has 21 heavy (non-hydrogen) atoms. The number of hydrogen-bond acceptors (Lipinski definition) is 3. The molecule has 4 heteroatoms. The molecule has 2 rings (SSSR count). The van der Waals surface area contributed by atoms with E-state index in [0.717, 1.165) is 17.1 Å². The maximum Gasteiger partial charge on any atom is 0.161 e. The maximum absolute atomic E-state index is 13.2. The lowest BCUT2D eigenvalue weighted by Crippen LogP contribution is -2.24. The lowest BCUT2D eigenvalue weighted by atomic mass is 10.1. The van der Waals surface area contributed by atoms with Crippen molar-refractivity contribution >= 4 is 0 Å². The fourth-order valence-electron chi connectivity index (χ4n) is 2.07. The molecule has 0 amide bonds. The molecule has 2 aromatic rings. The molecule has 112 valence electrons. The van der Waals surface area contributed by atoms with Crippen LogP contribution in [0.25, 0.3) is 0 Å². The Morgan fingerprint density at radius 1 is 1.10 bits per heavy atom. The summed E-state index contributed by atoms with van der Waals surface area (Å²) >= 11 is 0. The Morgan fingerprint density at radius 3 is 2.57 bits per heavy atom. The first kappa shape index (κ1) is 15.3. The summed E-state index contributed by atoms with van der Waals surface area (Å²) in [5.41, 5.74) is 0.923. The highest BCUT2D eigenvalue weighted by Gasteiger charge is 2.06. The molecule has 1 N–H and O–H groups in total. The molecule has 0 unspecified atom stereocenters. The fraction of sp³-hybridized carbons (Fsp3) is 0.294. The molecule has 0 fully saturated rings. The van der Waals surface area contributed by atoms with Gasteiger partial charge in [-0.1, -0.05) is 24.3 Å². The number of nitrogens with one attached hydrogen (secondary N) is 1. The van der Waals surface area contributed by atoms with E-state index in [-0.39, 0.29) is 11.9 Å². The average Bonchev–Trinajstić information content (AvgIpc) is 2.51. The second-order valence-electron chi connectivity index (χ2n) is 4.73. The minimum Gasteiger partial charge on any atom is -0.493 e. The standard InChI is InChI=1S/C17H20FNO2/c1-13(14-6-5-7-15(18)12-14)19-10-11-21-17-9-4-3-8-16(17)20-2/h3-9,12-13,19H,10-11H2,1-2H3/t13-/m1/s1. The highest BCUT2D eigenvalue weighted by atomic mass is 19.1. The van der Waals surface area contributed by atoms with Crippen molar-refractivity contribution in [3.05, 3.63) is 59.9 Å². The van der Waals surface area contributed by atoms with Gasteiger partial charge in [-0.05, 0) is 36.8 Å². The highest BCUT2D eigenvalue weighted by Crippen LogP contribution is 2.25. The summed E-state index contributed by atoms with van der Waals surface area (Å²) in [6, 6.07) is 14.2. The minimum absolute atomic E-state index is 0.0713. The van der Waals surface area contributed by atoms with Crippen LogP contribution >= 0.6 is 0 Å². The maximum atomic E-state index is 13.2. The van der Waals surface area contributed by atoms with E-state index in [1.54, 1.807) is 19.2 Å². The summed E-state index contributed by atoms with van der Waals surface area (Å²) in [7, 11) is 1.62. The molecule has 0 aliphatic rings. The quantitative estimate of drug-likeness (QED) is 0.791. The van der Waals surface area contributed by atoms with Gasteiger partial charge in [-0.2, -0.15) is 0 Å². The Labute approximate surface area is 124 Å². The zero-order chi connectivity index (χ0) is 15.1. The van der Waals surface area contributed by atoms with Gasteiger partial charge < -0.3 is 14.8 Å². The molecule has 1 atom stereocenters. The number of ether oxygens (including phenoxy) is 2. The van der Waals surface area contributed by atoms with E-state index < -0.39 is 0 Å². The van der Waals surface area contributed by atoms with E-state index in [0.29, 0.717) is 13.2 Å². The smallest absolute Gasteiger partial charge is 0.161 e. The monoisotopic (exact) mass is 289 g/mol. The van der Waals surface area contributed by atoms with Crippen LogP contribution in [-0.4, -0.2) is 20.3 Å². The summed E-state index contributed by atoms with van der Waals surface area (Å²) in [5.74, 6) is 1.22. The van der Waals surface area contributed by atoms with E-state index in [9.17, 15) is 4.39 Å². The van der Waals surface area contributed by atoms with Gasteiger partial charge in [-0.15, -0.1) is 0 Å². The predicted molar refractivity (Wildman–Crippen MR) is 81.3 cm³/mol. The Hall–Kier alpha value is -2.07. The third-order valence-corrected chi connectivity index (χ3v) is 3.23. The summed E-state index contributed by atoms with van der Waals surface area (Å²) in [6.45, 7) is 3.17. The highest BCUT2D eigenvalue weighted by molar-refractivity contribution is 5.39. The molecular weight excluding hydrogens is 269 g/mol. The Kier molecular flexibility index (Phi) is 5.58. The molecule has 0 heterocycles. The van der Waals surface area contributed by atoms with Crippen LogP contribution in [0.4, 0.5) is 4.39 Å². The van der Waals surface area contributed by atoms with Gasteiger partial charge >= 0.3 is 0 Å². The van der Waals surface area contributed by atoms with Crippen LogP contribution in [0.3, 0.4) is 0 Å². The number of hydrogen-bond donors (Lipinski definition) is 1. The second-order valence-corrected chi connectivity index (χ2v) is 4.73. The molecule has 3 nitrogen and oxygen atoms in total. The van der Waals surface area contributed by atoms with E-state index >= 15 is 0 Å². The van der Waals surface area contributed by atoms with Gasteiger partial charge in [0.15, 0.2) is 11.5 Å². The molecule has 2 aromatic carbocycles. The van der Waals surface area contributed by atoms with Gasteiger partial charge in [0.2, 0.25) is 0 Å². The van der Waals surface area contributed by atoms with Crippen molar-refractivity contribution in [2.24, 2.45) is 0 Å². The van der Waals surface area contributed by atoms with Gasteiger partial charge in [-0.25, -0.2) is 4.39 Å². The van der Waals surface area contributed by atoms with E-state index in [1.807, 2.05) is 37.3 Å². The largest absolute Gasteiger partial charge is 0.493 e. The Balaban J connectivity index is 1.79. The van der Waals surface area contributed by atoms with Gasteiger partial charge in [0, 0.05) is 12.6 Å². The zero-order valence-corrected chi connectivity index (χ0v) is 12.3. The first-order valence-corrected chi connectivity index (χ1v) is 6.95. The van der Waals surface area contributed by atoms with E-state index in [1.165, 1.54) is 6.07 Å². The van der Waals surface area contributed by atoms with Crippen molar-refractivity contribution in [2.75, 3.05) is 20.3 Å². The van der Waals surface area contributed by atoms with Gasteiger partial charge in [0.1, 0.15) is 12.4 Å². The van der Waals surface area contributed by atoms with Crippen LogP contribution in [0.1, 0.15) is 18.5 Å². The number of rotatable bonds is 7. The molecule has 0 saturated heterocycles. The number of halogens is 1. The SMILES string of the molecule is COc1ccccc1OCCN[C@H](C)c1cccc(F)c1. The summed E-state index contributed by atoms with van der Waals surface area (Å²) in [4.78, 5) is 0. The number of methoxy groups -OCH3 is 1. The molecule has 0 bridgehead atoms. The molecule has 0 spiro atoms. The lowest BCUT2D eigenvalue weighted by molar-refractivity contribution is 0.287. The molecule has 0 saturated carbocycles. The van der Waals surface area contributed by atoms with Gasteiger partial charge in [0.05, 0.1) is 7.11 Å². The predicted octanol–water partition coefficient (Wildman–Crippen LogP) is 3.56. The molecule has 0 radical (unpaired) electrons. The molecule has 0 aromatic heterocycles.